The monoisotopic (exact) mass is 286 g/mol. The lowest BCUT2D eigenvalue weighted by atomic mass is 9.76. The van der Waals surface area contributed by atoms with E-state index in [1.165, 1.54) is 17.7 Å². The maximum Gasteiger partial charge on any atom is 0.123 e. The second-order valence-corrected chi connectivity index (χ2v) is 6.77. The second kappa shape index (κ2) is 5.22. The van der Waals surface area contributed by atoms with Crippen molar-refractivity contribution in [1.82, 2.24) is 0 Å². The second-order valence-electron chi connectivity index (χ2n) is 5.80. The van der Waals surface area contributed by atoms with Crippen LogP contribution in [0.3, 0.4) is 0 Å². The number of alkyl halides is 1. The van der Waals surface area contributed by atoms with E-state index in [2.05, 4.69) is 19.9 Å². The molecule has 2 rings (SSSR count). The molecule has 0 N–H and O–H groups in total. The van der Waals surface area contributed by atoms with Crippen LogP contribution in [0, 0.1) is 11.2 Å². The minimum atomic E-state index is -0.243. The van der Waals surface area contributed by atoms with Gasteiger partial charge in [-0.3, -0.25) is 0 Å². The lowest BCUT2D eigenvalue weighted by Crippen LogP contribution is -2.22. The molecule has 0 aromatic heterocycles. The molecule has 0 amide bonds. The Bertz CT molecular complexity index is 477. The lowest BCUT2D eigenvalue weighted by molar-refractivity contribution is 0.320. The van der Waals surface area contributed by atoms with Gasteiger partial charge in [0.1, 0.15) is 5.82 Å². The van der Waals surface area contributed by atoms with E-state index in [1.807, 2.05) is 0 Å². The quantitative estimate of drug-likeness (QED) is 0.506. The molecule has 0 spiro atoms. The summed E-state index contributed by atoms with van der Waals surface area (Å²) in [5.74, 6) is -0.243. The van der Waals surface area contributed by atoms with E-state index in [0.717, 1.165) is 18.4 Å². The summed E-state index contributed by atoms with van der Waals surface area (Å²) in [5.41, 5.74) is 2.29. The molecule has 3 heteroatoms. The average molecular weight is 287 g/mol. The summed E-state index contributed by atoms with van der Waals surface area (Å²) < 4.78 is 13.2. The van der Waals surface area contributed by atoms with Crippen LogP contribution in [0.4, 0.5) is 4.39 Å². The van der Waals surface area contributed by atoms with Crippen LogP contribution in [0.1, 0.15) is 32.3 Å². The fourth-order valence-corrected chi connectivity index (χ4v) is 3.41. The van der Waals surface area contributed by atoms with Gasteiger partial charge in [0.15, 0.2) is 0 Å². The van der Waals surface area contributed by atoms with Crippen LogP contribution in [0.5, 0.6) is 0 Å². The van der Waals surface area contributed by atoms with Crippen LogP contribution in [-0.4, -0.2) is 5.38 Å². The number of rotatable bonds is 2. The first-order valence-corrected chi connectivity index (χ1v) is 6.95. The molecule has 0 heterocycles. The van der Waals surface area contributed by atoms with Gasteiger partial charge in [0.2, 0.25) is 0 Å². The largest absolute Gasteiger partial charge is 0.207 e. The van der Waals surface area contributed by atoms with Crippen LogP contribution in [0.25, 0.3) is 0 Å². The molecule has 0 fully saturated rings. The number of hydrogen-bond acceptors (Lipinski definition) is 0. The highest BCUT2D eigenvalue weighted by atomic mass is 35.5. The Morgan fingerprint density at radius 3 is 2.78 bits per heavy atom. The van der Waals surface area contributed by atoms with Crippen molar-refractivity contribution in [3.8, 4) is 0 Å². The Morgan fingerprint density at radius 2 is 2.11 bits per heavy atom. The third kappa shape index (κ3) is 3.49. The van der Waals surface area contributed by atoms with Crippen molar-refractivity contribution in [2.45, 2.75) is 38.5 Å². The van der Waals surface area contributed by atoms with Gasteiger partial charge in [-0.1, -0.05) is 37.1 Å². The van der Waals surface area contributed by atoms with Gasteiger partial charge in [-0.25, -0.2) is 4.39 Å². The van der Waals surface area contributed by atoms with Crippen LogP contribution in [0.15, 0.2) is 29.8 Å². The first-order valence-electron chi connectivity index (χ1n) is 6.13. The maximum atomic E-state index is 13.2. The summed E-state index contributed by atoms with van der Waals surface area (Å²) in [4.78, 5) is 0. The smallest absolute Gasteiger partial charge is 0.123 e. The number of hydrogen-bond donors (Lipinski definition) is 0. The van der Waals surface area contributed by atoms with E-state index in [0.29, 0.717) is 11.4 Å². The molecule has 1 aromatic rings. The van der Waals surface area contributed by atoms with E-state index in [1.54, 1.807) is 6.07 Å². The van der Waals surface area contributed by atoms with Crippen molar-refractivity contribution >= 4 is 23.2 Å². The molecule has 0 aliphatic heterocycles. The molecule has 1 atom stereocenters. The normalized spacial score (nSPS) is 22.7. The molecule has 1 aromatic carbocycles. The van der Waals surface area contributed by atoms with E-state index in [4.69, 9.17) is 23.2 Å². The lowest BCUT2D eigenvalue weighted by Gasteiger charge is -2.32. The van der Waals surface area contributed by atoms with E-state index < -0.39 is 0 Å². The van der Waals surface area contributed by atoms with Gasteiger partial charge in [0.25, 0.3) is 0 Å². The highest BCUT2D eigenvalue weighted by Crippen LogP contribution is 2.39. The molecule has 0 saturated carbocycles. The summed E-state index contributed by atoms with van der Waals surface area (Å²) in [6.45, 7) is 4.42. The van der Waals surface area contributed by atoms with Crippen molar-refractivity contribution in [2.24, 2.45) is 5.41 Å². The first-order chi connectivity index (χ1) is 8.35. The summed E-state index contributed by atoms with van der Waals surface area (Å²) in [5, 5.41) is 0.683. The van der Waals surface area contributed by atoms with Crippen molar-refractivity contribution < 1.29 is 4.39 Å². The predicted molar refractivity (Wildman–Crippen MR) is 75.9 cm³/mol. The third-order valence-electron chi connectivity index (χ3n) is 3.30. The van der Waals surface area contributed by atoms with Crippen LogP contribution >= 0.6 is 23.2 Å². The van der Waals surface area contributed by atoms with Gasteiger partial charge >= 0.3 is 0 Å². The van der Waals surface area contributed by atoms with Crippen molar-refractivity contribution in [1.29, 1.82) is 0 Å². The molecule has 98 valence electrons. The van der Waals surface area contributed by atoms with Crippen LogP contribution < -0.4 is 0 Å². The predicted octanol–water partition coefficient (Wildman–Crippen LogP) is 5.38. The van der Waals surface area contributed by atoms with E-state index >= 15 is 0 Å². The SMILES string of the molecule is CC1(C)CC(Cc2cc(F)ccc2Cl)=CC(Cl)C1. The van der Waals surface area contributed by atoms with Gasteiger partial charge in [-0.2, -0.15) is 0 Å². The summed E-state index contributed by atoms with van der Waals surface area (Å²) >= 11 is 12.3. The Morgan fingerprint density at radius 1 is 1.39 bits per heavy atom. The minimum Gasteiger partial charge on any atom is -0.207 e. The topological polar surface area (TPSA) is 0 Å². The van der Waals surface area contributed by atoms with Gasteiger partial charge < -0.3 is 0 Å². The Labute approximate surface area is 118 Å². The van der Waals surface area contributed by atoms with Gasteiger partial charge in [-0.05, 0) is 48.4 Å². The summed E-state index contributed by atoms with van der Waals surface area (Å²) in [7, 11) is 0. The number of benzene rings is 1. The summed E-state index contributed by atoms with van der Waals surface area (Å²) in [6, 6.07) is 4.50. The molecule has 0 bridgehead atoms. The molecular formula is C15H17Cl2F. The zero-order valence-electron chi connectivity index (χ0n) is 10.6. The van der Waals surface area contributed by atoms with Crippen molar-refractivity contribution in [3.63, 3.8) is 0 Å². The molecule has 0 radical (unpaired) electrons. The average Bonchev–Trinajstić information content (AvgIpc) is 2.20. The Kier molecular flexibility index (Phi) is 4.03. The summed E-state index contributed by atoms with van der Waals surface area (Å²) in [6.07, 6.45) is 4.75. The highest BCUT2D eigenvalue weighted by molar-refractivity contribution is 6.31. The van der Waals surface area contributed by atoms with Crippen LogP contribution in [0.2, 0.25) is 5.02 Å². The molecule has 0 nitrogen and oxygen atoms in total. The van der Waals surface area contributed by atoms with Crippen molar-refractivity contribution in [2.75, 3.05) is 0 Å². The molecule has 18 heavy (non-hydrogen) atoms. The van der Waals surface area contributed by atoms with Crippen molar-refractivity contribution in [3.05, 3.63) is 46.3 Å². The molecule has 0 saturated heterocycles. The Hall–Kier alpha value is -0.530. The number of halogens is 3. The minimum absolute atomic E-state index is 0.0658. The zero-order chi connectivity index (χ0) is 13.3. The van der Waals surface area contributed by atoms with E-state index in [-0.39, 0.29) is 16.6 Å². The fraction of sp³-hybridized carbons (Fsp3) is 0.467. The fourth-order valence-electron chi connectivity index (χ4n) is 2.63. The standard InChI is InChI=1S/C15H17Cl2F/c1-15(2)8-10(6-12(16)9-15)5-11-7-13(18)3-4-14(11)17/h3-4,6-7,12H,5,8-9H2,1-2H3. The molecular weight excluding hydrogens is 270 g/mol. The Balaban J connectivity index is 2.21. The maximum absolute atomic E-state index is 13.2. The van der Waals surface area contributed by atoms with Gasteiger partial charge in [-0.15, -0.1) is 11.6 Å². The van der Waals surface area contributed by atoms with Gasteiger partial charge in [0, 0.05) is 5.02 Å². The van der Waals surface area contributed by atoms with E-state index in [9.17, 15) is 4.39 Å². The van der Waals surface area contributed by atoms with Gasteiger partial charge in [0.05, 0.1) is 5.38 Å². The highest BCUT2D eigenvalue weighted by Gasteiger charge is 2.27. The van der Waals surface area contributed by atoms with Crippen LogP contribution in [-0.2, 0) is 6.42 Å². The molecule has 1 unspecified atom stereocenters. The zero-order valence-corrected chi connectivity index (χ0v) is 12.2. The number of allylic oxidation sites excluding steroid dienone is 2. The third-order valence-corrected chi connectivity index (χ3v) is 3.94. The molecule has 1 aliphatic carbocycles. The first kappa shape index (κ1) is 13.9. The molecule has 1 aliphatic rings.